The van der Waals surface area contributed by atoms with E-state index in [0.717, 1.165) is 13.1 Å². The van der Waals surface area contributed by atoms with Crippen LogP contribution in [0.3, 0.4) is 0 Å². The fourth-order valence-electron chi connectivity index (χ4n) is 2.27. The second-order valence-corrected chi connectivity index (χ2v) is 7.43. The molecule has 0 aliphatic carbocycles. The van der Waals surface area contributed by atoms with Gasteiger partial charge in [-0.2, -0.15) is 0 Å². The molecule has 112 valence electrons. The lowest BCUT2D eigenvalue weighted by Gasteiger charge is -2.35. The number of carbonyl (C=O) groups is 1. The molecule has 1 amide bonds. The lowest BCUT2D eigenvalue weighted by atomic mass is 9.78. The molecule has 1 aliphatic heterocycles. The molecule has 0 saturated carbocycles. The number of nitrogens with one attached hydrogen (secondary N) is 2. The zero-order chi connectivity index (χ0) is 14.4. The molecule has 1 heterocycles. The van der Waals surface area contributed by atoms with Gasteiger partial charge >= 0.3 is 0 Å². The first kappa shape index (κ1) is 16.4. The number of amides is 1. The Labute approximate surface area is 115 Å². The molecule has 0 bridgehead atoms. The standard InChI is InChI=1S/C12H24N2O4S/c1-3-19(16,17)9-8-14-11(15)12(10-18-2)4-6-13-7-5-12/h13H,3-10H2,1-2H3,(H,14,15). The summed E-state index contributed by atoms with van der Waals surface area (Å²) in [6.45, 7) is 3.72. The Kier molecular flexibility index (Phi) is 6.22. The molecule has 1 aliphatic rings. The van der Waals surface area contributed by atoms with Crippen LogP contribution in [0.25, 0.3) is 0 Å². The van der Waals surface area contributed by atoms with E-state index in [9.17, 15) is 13.2 Å². The van der Waals surface area contributed by atoms with Gasteiger partial charge in [-0.1, -0.05) is 6.92 Å². The molecule has 1 rings (SSSR count). The van der Waals surface area contributed by atoms with Gasteiger partial charge in [0.05, 0.1) is 17.8 Å². The van der Waals surface area contributed by atoms with Crippen LogP contribution >= 0.6 is 0 Å². The van der Waals surface area contributed by atoms with Crippen molar-refractivity contribution in [3.05, 3.63) is 0 Å². The van der Waals surface area contributed by atoms with Crippen LogP contribution in [-0.4, -0.2) is 59.2 Å². The molecule has 0 radical (unpaired) electrons. The second kappa shape index (κ2) is 7.21. The maximum Gasteiger partial charge on any atom is 0.228 e. The Morgan fingerprint density at radius 1 is 1.37 bits per heavy atom. The molecule has 2 N–H and O–H groups in total. The van der Waals surface area contributed by atoms with Gasteiger partial charge in [0, 0.05) is 19.4 Å². The van der Waals surface area contributed by atoms with E-state index >= 15 is 0 Å². The summed E-state index contributed by atoms with van der Waals surface area (Å²) >= 11 is 0. The summed E-state index contributed by atoms with van der Waals surface area (Å²) in [7, 11) is -1.45. The molecule has 0 aromatic carbocycles. The molecule has 1 fully saturated rings. The predicted octanol–water partition coefficient (Wildman–Crippen LogP) is -0.446. The van der Waals surface area contributed by atoms with Crippen molar-refractivity contribution in [2.24, 2.45) is 5.41 Å². The average Bonchev–Trinajstić information content (AvgIpc) is 2.40. The van der Waals surface area contributed by atoms with Crippen molar-refractivity contribution in [2.75, 3.05) is 44.9 Å². The summed E-state index contributed by atoms with van der Waals surface area (Å²) in [4.78, 5) is 12.3. The summed E-state index contributed by atoms with van der Waals surface area (Å²) in [5.74, 6) is 0.00850. The van der Waals surface area contributed by atoms with Crippen molar-refractivity contribution in [3.8, 4) is 0 Å². The maximum atomic E-state index is 12.3. The number of ether oxygens (including phenoxy) is 1. The third-order valence-corrected chi connectivity index (χ3v) is 5.31. The molecule has 6 nitrogen and oxygen atoms in total. The van der Waals surface area contributed by atoms with Gasteiger partial charge < -0.3 is 15.4 Å². The highest BCUT2D eigenvalue weighted by Crippen LogP contribution is 2.29. The maximum absolute atomic E-state index is 12.3. The molecule has 0 spiro atoms. The highest BCUT2D eigenvalue weighted by molar-refractivity contribution is 7.91. The van der Waals surface area contributed by atoms with Crippen LogP contribution in [0.1, 0.15) is 19.8 Å². The SMILES string of the molecule is CCS(=O)(=O)CCNC(=O)C1(COC)CCNCC1. The fraction of sp³-hybridized carbons (Fsp3) is 0.917. The van der Waals surface area contributed by atoms with Crippen LogP contribution in [-0.2, 0) is 19.4 Å². The number of sulfone groups is 1. The van der Waals surface area contributed by atoms with Crippen LogP contribution in [0.5, 0.6) is 0 Å². The highest BCUT2D eigenvalue weighted by Gasteiger charge is 2.39. The molecule has 0 unspecified atom stereocenters. The van der Waals surface area contributed by atoms with E-state index in [4.69, 9.17) is 4.74 Å². The number of carbonyl (C=O) groups excluding carboxylic acids is 1. The van der Waals surface area contributed by atoms with Crippen molar-refractivity contribution in [1.29, 1.82) is 0 Å². The molecule has 19 heavy (non-hydrogen) atoms. The number of hydrogen-bond donors (Lipinski definition) is 2. The van der Waals surface area contributed by atoms with Crippen LogP contribution in [0, 0.1) is 5.41 Å². The largest absolute Gasteiger partial charge is 0.384 e. The molecule has 0 aromatic heterocycles. The monoisotopic (exact) mass is 292 g/mol. The van der Waals surface area contributed by atoms with E-state index in [2.05, 4.69) is 10.6 Å². The third kappa shape index (κ3) is 4.74. The van der Waals surface area contributed by atoms with Crippen LogP contribution in [0.4, 0.5) is 0 Å². The molecular formula is C12H24N2O4S. The van der Waals surface area contributed by atoms with Gasteiger partial charge in [-0.3, -0.25) is 4.79 Å². The van der Waals surface area contributed by atoms with Crippen molar-refractivity contribution in [3.63, 3.8) is 0 Å². The highest BCUT2D eigenvalue weighted by atomic mass is 32.2. The Morgan fingerprint density at radius 2 is 2.00 bits per heavy atom. The Bertz CT molecular complexity index is 383. The van der Waals surface area contributed by atoms with Crippen molar-refractivity contribution in [1.82, 2.24) is 10.6 Å². The normalized spacial score (nSPS) is 19.1. The van der Waals surface area contributed by atoms with Crippen molar-refractivity contribution < 1.29 is 17.9 Å². The summed E-state index contributed by atoms with van der Waals surface area (Å²) < 4.78 is 27.9. The van der Waals surface area contributed by atoms with Gasteiger partial charge in [0.15, 0.2) is 9.84 Å². The van der Waals surface area contributed by atoms with E-state index in [1.54, 1.807) is 14.0 Å². The quantitative estimate of drug-likeness (QED) is 0.664. The number of hydrogen-bond acceptors (Lipinski definition) is 5. The van der Waals surface area contributed by atoms with Gasteiger partial charge in [0.2, 0.25) is 5.91 Å². The molecule has 0 aromatic rings. The lowest BCUT2D eigenvalue weighted by molar-refractivity contribution is -0.136. The van der Waals surface area contributed by atoms with Gasteiger partial charge in [0.25, 0.3) is 0 Å². The first-order chi connectivity index (χ1) is 8.96. The van der Waals surface area contributed by atoms with E-state index in [0.29, 0.717) is 19.4 Å². The molecular weight excluding hydrogens is 268 g/mol. The third-order valence-electron chi connectivity index (χ3n) is 3.60. The van der Waals surface area contributed by atoms with Crippen molar-refractivity contribution in [2.45, 2.75) is 19.8 Å². The first-order valence-corrected chi connectivity index (χ1v) is 8.46. The van der Waals surface area contributed by atoms with Gasteiger partial charge in [-0.05, 0) is 25.9 Å². The Balaban J connectivity index is 2.53. The molecule has 7 heteroatoms. The van der Waals surface area contributed by atoms with Crippen LogP contribution in [0.2, 0.25) is 0 Å². The summed E-state index contributed by atoms with van der Waals surface area (Å²) in [5, 5.41) is 5.95. The minimum atomic E-state index is -3.04. The summed E-state index contributed by atoms with van der Waals surface area (Å²) in [6, 6.07) is 0. The smallest absolute Gasteiger partial charge is 0.228 e. The van der Waals surface area contributed by atoms with E-state index in [-0.39, 0.29) is 24.0 Å². The minimum absolute atomic E-state index is 0.00342. The lowest BCUT2D eigenvalue weighted by Crippen LogP contribution is -2.50. The summed E-state index contributed by atoms with van der Waals surface area (Å²) in [5.41, 5.74) is -0.518. The topological polar surface area (TPSA) is 84.5 Å². The van der Waals surface area contributed by atoms with Crippen LogP contribution < -0.4 is 10.6 Å². The molecule has 0 atom stereocenters. The fourth-order valence-corrected chi connectivity index (χ4v) is 2.97. The second-order valence-electron chi connectivity index (χ2n) is 4.96. The zero-order valence-electron chi connectivity index (χ0n) is 11.7. The predicted molar refractivity (Wildman–Crippen MR) is 73.8 cm³/mol. The van der Waals surface area contributed by atoms with E-state index < -0.39 is 15.3 Å². The number of methoxy groups -OCH3 is 1. The van der Waals surface area contributed by atoms with Gasteiger partial charge in [-0.15, -0.1) is 0 Å². The number of piperidine rings is 1. The average molecular weight is 292 g/mol. The van der Waals surface area contributed by atoms with Crippen LogP contribution in [0.15, 0.2) is 0 Å². The minimum Gasteiger partial charge on any atom is -0.384 e. The van der Waals surface area contributed by atoms with E-state index in [1.807, 2.05) is 0 Å². The van der Waals surface area contributed by atoms with Crippen molar-refractivity contribution >= 4 is 15.7 Å². The first-order valence-electron chi connectivity index (χ1n) is 6.64. The molecule has 1 saturated heterocycles. The summed E-state index contributed by atoms with van der Waals surface area (Å²) in [6.07, 6.45) is 1.43. The number of rotatable bonds is 7. The Hall–Kier alpha value is -0.660. The van der Waals surface area contributed by atoms with Gasteiger partial charge in [0.1, 0.15) is 0 Å². The Morgan fingerprint density at radius 3 is 2.53 bits per heavy atom. The zero-order valence-corrected chi connectivity index (χ0v) is 12.5. The van der Waals surface area contributed by atoms with E-state index in [1.165, 1.54) is 0 Å². The van der Waals surface area contributed by atoms with Gasteiger partial charge in [-0.25, -0.2) is 8.42 Å².